The molecule has 3 aliphatic rings. The van der Waals surface area contributed by atoms with E-state index in [1.54, 1.807) is 6.92 Å². The Morgan fingerprint density at radius 2 is 0.836 bits per heavy atom. The molecule has 0 aromatic heterocycles. The largest absolute Gasteiger partial charge is 0.394 e. The summed E-state index contributed by atoms with van der Waals surface area (Å²) in [7, 11) is 0. The van der Waals surface area contributed by atoms with Crippen molar-refractivity contribution in [3.8, 4) is 0 Å². The van der Waals surface area contributed by atoms with Crippen molar-refractivity contribution in [1.82, 2.24) is 5.32 Å². The van der Waals surface area contributed by atoms with Crippen LogP contribution in [0, 0.1) is 0 Å². The van der Waals surface area contributed by atoms with Crippen LogP contribution in [-0.2, 0) is 33.2 Å². The first-order valence-electron chi connectivity index (χ1n) is 25.8. The van der Waals surface area contributed by atoms with E-state index in [1.807, 2.05) is 0 Å². The maximum absolute atomic E-state index is 12.4. The standard InChI is InChI=1S/C48H91NO18/c1-3-5-6-7-8-9-10-11-12-13-14-15-16-17-18-19-20-21-22-23-24-25-26-32(53)31(49-36(54)4-2)30-62-46-42(60)39(57)44(34(28-51)64-46)67-48-43(61)40(58)45(35(29-52)65-48)66-47-41(59)38(56)37(55)33(27-50)63-47/h31-35,37-48,50-53,55-61H,3-30H2,1-2H3,(H,49,54). The first-order valence-corrected chi connectivity index (χ1v) is 25.8. The Labute approximate surface area is 398 Å². The Bertz CT molecular complexity index is 1250. The molecule has 396 valence electrons. The minimum absolute atomic E-state index is 0.150. The summed E-state index contributed by atoms with van der Waals surface area (Å²) in [5.41, 5.74) is 0. The van der Waals surface area contributed by atoms with Gasteiger partial charge in [0.25, 0.3) is 0 Å². The van der Waals surface area contributed by atoms with Crippen LogP contribution >= 0.6 is 0 Å². The number of amides is 1. The molecule has 3 heterocycles. The number of unbranched alkanes of at least 4 members (excludes halogenated alkanes) is 21. The lowest BCUT2D eigenvalue weighted by Crippen LogP contribution is -2.66. The fraction of sp³-hybridized carbons (Fsp3) is 0.979. The lowest BCUT2D eigenvalue weighted by atomic mass is 9.96. The van der Waals surface area contributed by atoms with E-state index in [0.29, 0.717) is 6.42 Å². The van der Waals surface area contributed by atoms with E-state index in [2.05, 4.69) is 12.2 Å². The quantitative estimate of drug-likeness (QED) is 0.0398. The van der Waals surface area contributed by atoms with E-state index in [9.17, 15) is 61.0 Å². The van der Waals surface area contributed by atoms with Gasteiger partial charge >= 0.3 is 0 Å². The third kappa shape index (κ3) is 20.4. The van der Waals surface area contributed by atoms with Gasteiger partial charge in [-0.3, -0.25) is 4.79 Å². The molecule has 0 radical (unpaired) electrons. The predicted octanol–water partition coefficient (Wildman–Crippen LogP) is 1.70. The molecule has 3 aliphatic heterocycles. The van der Waals surface area contributed by atoms with E-state index in [1.165, 1.54) is 116 Å². The van der Waals surface area contributed by atoms with Crippen molar-refractivity contribution in [3.05, 3.63) is 0 Å². The third-order valence-corrected chi connectivity index (χ3v) is 13.5. The van der Waals surface area contributed by atoms with Crippen LogP contribution in [0.3, 0.4) is 0 Å². The topological polar surface area (TPSA) is 307 Å². The Kier molecular flexibility index (Phi) is 30.7. The van der Waals surface area contributed by atoms with Gasteiger partial charge < -0.3 is 89.9 Å². The Hall–Kier alpha value is -1.21. The molecule has 67 heavy (non-hydrogen) atoms. The van der Waals surface area contributed by atoms with Crippen LogP contribution in [0.25, 0.3) is 0 Å². The summed E-state index contributed by atoms with van der Waals surface area (Å²) in [6.07, 6.45) is 2.13. The fourth-order valence-corrected chi connectivity index (χ4v) is 9.10. The first kappa shape index (κ1) is 60.1. The van der Waals surface area contributed by atoms with Crippen LogP contribution in [0.1, 0.15) is 168 Å². The first-order chi connectivity index (χ1) is 32.3. The maximum atomic E-state index is 12.4. The molecule has 1 amide bonds. The number of hydrogen-bond donors (Lipinski definition) is 12. The summed E-state index contributed by atoms with van der Waals surface area (Å²) in [5, 5.41) is 118. The zero-order valence-electron chi connectivity index (χ0n) is 40.4. The minimum Gasteiger partial charge on any atom is -0.394 e. The van der Waals surface area contributed by atoms with E-state index >= 15 is 0 Å². The molecule has 0 aromatic rings. The molecule has 0 aliphatic carbocycles. The number of carbonyl (C=O) groups is 1. The molecule has 3 saturated heterocycles. The van der Waals surface area contributed by atoms with Crippen LogP contribution in [0.15, 0.2) is 0 Å². The number of carbonyl (C=O) groups excluding carboxylic acids is 1. The Morgan fingerprint density at radius 3 is 1.24 bits per heavy atom. The van der Waals surface area contributed by atoms with Gasteiger partial charge in [0.2, 0.25) is 5.91 Å². The van der Waals surface area contributed by atoms with Gasteiger partial charge in [-0.2, -0.15) is 0 Å². The van der Waals surface area contributed by atoms with E-state index in [4.69, 9.17) is 28.4 Å². The number of ether oxygens (including phenoxy) is 6. The lowest BCUT2D eigenvalue weighted by molar-refractivity contribution is -0.379. The molecule has 0 spiro atoms. The molecule has 12 N–H and O–H groups in total. The Morgan fingerprint density at radius 1 is 0.478 bits per heavy atom. The van der Waals surface area contributed by atoms with E-state index in [-0.39, 0.29) is 18.9 Å². The van der Waals surface area contributed by atoms with Gasteiger partial charge in [0.15, 0.2) is 18.9 Å². The normalized spacial score (nSPS) is 33.4. The van der Waals surface area contributed by atoms with Crippen molar-refractivity contribution in [3.63, 3.8) is 0 Å². The molecule has 17 atom stereocenters. The van der Waals surface area contributed by atoms with Gasteiger partial charge in [-0.1, -0.05) is 155 Å². The molecule has 0 aromatic carbocycles. The van der Waals surface area contributed by atoms with Crippen molar-refractivity contribution in [1.29, 1.82) is 0 Å². The van der Waals surface area contributed by atoms with E-state index in [0.717, 1.165) is 25.7 Å². The zero-order chi connectivity index (χ0) is 49.1. The van der Waals surface area contributed by atoms with Gasteiger partial charge in [-0.15, -0.1) is 0 Å². The summed E-state index contributed by atoms with van der Waals surface area (Å²) in [6.45, 7) is 1.22. The highest BCUT2D eigenvalue weighted by Gasteiger charge is 2.53. The van der Waals surface area contributed by atoms with E-state index < -0.39 is 124 Å². The molecule has 19 heteroatoms. The average Bonchev–Trinajstić information content (AvgIpc) is 3.33. The summed E-state index contributed by atoms with van der Waals surface area (Å²) in [5.74, 6) is -0.330. The summed E-state index contributed by atoms with van der Waals surface area (Å²) in [6, 6.07) is -0.877. The average molecular weight is 970 g/mol. The van der Waals surface area contributed by atoms with Gasteiger partial charge in [-0.05, 0) is 6.42 Å². The third-order valence-electron chi connectivity index (χ3n) is 13.5. The molecule has 0 bridgehead atoms. The monoisotopic (exact) mass is 970 g/mol. The van der Waals surface area contributed by atoms with Crippen molar-refractivity contribution in [2.45, 2.75) is 272 Å². The van der Waals surface area contributed by atoms with Gasteiger partial charge in [-0.25, -0.2) is 0 Å². The summed E-state index contributed by atoms with van der Waals surface area (Å²) in [4.78, 5) is 12.4. The molecule has 3 fully saturated rings. The van der Waals surface area contributed by atoms with Crippen molar-refractivity contribution < 1.29 is 89.4 Å². The van der Waals surface area contributed by atoms with Crippen molar-refractivity contribution in [2.75, 3.05) is 26.4 Å². The summed E-state index contributed by atoms with van der Waals surface area (Å²) < 4.78 is 33.8. The number of nitrogens with one attached hydrogen (secondary N) is 1. The lowest BCUT2D eigenvalue weighted by Gasteiger charge is -2.48. The van der Waals surface area contributed by atoms with Crippen LogP contribution in [0.4, 0.5) is 0 Å². The van der Waals surface area contributed by atoms with Crippen LogP contribution in [-0.4, -0.2) is 193 Å². The second kappa shape index (κ2) is 34.2. The minimum atomic E-state index is -1.96. The van der Waals surface area contributed by atoms with Crippen LogP contribution in [0.5, 0.6) is 0 Å². The second-order valence-corrected chi connectivity index (χ2v) is 19.0. The molecule has 0 saturated carbocycles. The van der Waals surface area contributed by atoms with Gasteiger partial charge in [0.1, 0.15) is 73.2 Å². The number of aliphatic hydroxyl groups is 11. The number of aliphatic hydroxyl groups excluding tert-OH is 11. The molecular weight excluding hydrogens is 879 g/mol. The van der Waals surface area contributed by atoms with Gasteiger partial charge in [0, 0.05) is 6.42 Å². The maximum Gasteiger partial charge on any atom is 0.220 e. The van der Waals surface area contributed by atoms with Crippen molar-refractivity contribution in [2.24, 2.45) is 0 Å². The van der Waals surface area contributed by atoms with Crippen molar-refractivity contribution >= 4 is 5.91 Å². The predicted molar refractivity (Wildman–Crippen MR) is 245 cm³/mol. The smallest absolute Gasteiger partial charge is 0.220 e. The molecule has 17 unspecified atom stereocenters. The Balaban J connectivity index is 1.35. The summed E-state index contributed by atoms with van der Waals surface area (Å²) >= 11 is 0. The van der Waals surface area contributed by atoms with Crippen LogP contribution < -0.4 is 5.32 Å². The molecule has 19 nitrogen and oxygen atoms in total. The molecule has 3 rings (SSSR count). The number of rotatable bonds is 36. The van der Waals surface area contributed by atoms with Crippen LogP contribution in [0.2, 0.25) is 0 Å². The SMILES string of the molecule is CCCCCCCCCCCCCCCCCCCCCCCCC(O)C(COC1OC(CO)C(OC2OC(CO)C(OC3OC(CO)C(O)C(O)C3O)C(O)C2O)C(O)C1O)NC(=O)CC. The highest BCUT2D eigenvalue weighted by Crippen LogP contribution is 2.33. The zero-order valence-corrected chi connectivity index (χ0v) is 40.4. The second-order valence-electron chi connectivity index (χ2n) is 19.0. The van der Waals surface area contributed by atoms with Gasteiger partial charge in [0.05, 0.1) is 38.6 Å². The fourth-order valence-electron chi connectivity index (χ4n) is 9.10. The number of hydrogen-bond acceptors (Lipinski definition) is 18. The highest BCUT2D eigenvalue weighted by molar-refractivity contribution is 5.75. The highest BCUT2D eigenvalue weighted by atomic mass is 16.8. The molecular formula is C48H91NO18.